The van der Waals surface area contributed by atoms with Crippen LogP contribution in [0.1, 0.15) is 25.7 Å². The summed E-state index contributed by atoms with van der Waals surface area (Å²) in [7, 11) is 0. The van der Waals surface area contributed by atoms with E-state index in [9.17, 15) is 59.4 Å². The molecule has 0 aromatic heterocycles. The Kier molecular flexibility index (Phi) is 21.2. The van der Waals surface area contributed by atoms with Gasteiger partial charge in [-0.1, -0.05) is 0 Å². The van der Waals surface area contributed by atoms with Gasteiger partial charge in [-0.25, -0.2) is 0 Å². The maximum atomic E-state index is 10.1. The standard InChI is InChI=1S/2C6H8O7.3Ge/c2*7-3(8)1-6(13,5(11)12)2-4(9)10;;;/h2*13H,1-2H2,(H,7,8)(H,9,10)(H,11,12);;;/p-6. The zero-order valence-electron chi connectivity index (χ0n) is 14.1. The molecule has 0 spiro atoms. The largest absolute Gasteiger partial charge is 0.550 e. The van der Waals surface area contributed by atoms with Gasteiger partial charge in [0.05, 0.1) is 11.9 Å². The third kappa shape index (κ3) is 17.0. The van der Waals surface area contributed by atoms with E-state index >= 15 is 0 Å². The van der Waals surface area contributed by atoms with E-state index in [0.717, 1.165) is 0 Å². The second kappa shape index (κ2) is 16.2. The van der Waals surface area contributed by atoms with E-state index < -0.39 is 72.7 Å². The molecule has 0 aliphatic rings. The minimum atomic E-state index is -2.97. The van der Waals surface area contributed by atoms with Gasteiger partial charge in [-0.2, -0.15) is 0 Å². The molecule has 0 saturated heterocycles. The number of carbonyl (C=O) groups excluding carboxylic acids is 6. The molecule has 0 bridgehead atoms. The van der Waals surface area contributed by atoms with E-state index in [4.69, 9.17) is 10.2 Å². The van der Waals surface area contributed by atoms with Crippen LogP contribution in [0.25, 0.3) is 0 Å². The Morgan fingerprint density at radius 3 is 0.690 bits per heavy atom. The van der Waals surface area contributed by atoms with E-state index in [2.05, 4.69) is 0 Å². The Hall–Kier alpha value is -1.63. The average molecular weight is 596 g/mol. The maximum absolute atomic E-state index is 10.1. The van der Waals surface area contributed by atoms with Crippen LogP contribution >= 0.6 is 0 Å². The minimum Gasteiger partial charge on any atom is -0.550 e. The van der Waals surface area contributed by atoms with E-state index in [-0.39, 0.29) is 52.8 Å². The number of carboxylic acid groups (broad SMARTS) is 6. The Morgan fingerprint density at radius 1 is 0.483 bits per heavy atom. The number of aliphatic carboxylic acids is 6. The topological polar surface area (TPSA) is 281 Å². The summed E-state index contributed by atoms with van der Waals surface area (Å²) in [5.41, 5.74) is -5.95. The first-order valence-electron chi connectivity index (χ1n) is 6.23. The Bertz CT molecular complexity index is 521. The van der Waals surface area contributed by atoms with Gasteiger partial charge in [0.15, 0.2) is 0 Å². The third-order valence-corrected chi connectivity index (χ3v) is 2.51. The summed E-state index contributed by atoms with van der Waals surface area (Å²) >= 11 is 0. The SMILES string of the molecule is O=C([O-])CC(O)(CC(=O)[O-])C(=O)[O-].O=C([O-])CC(O)(CC(=O)[O-])C(=O)[O-].[Ge].[Ge].[Ge]. The van der Waals surface area contributed by atoms with Gasteiger partial charge in [-0.15, -0.1) is 0 Å². The van der Waals surface area contributed by atoms with Crippen molar-refractivity contribution in [2.75, 3.05) is 0 Å². The molecule has 14 nitrogen and oxygen atoms in total. The summed E-state index contributed by atoms with van der Waals surface area (Å²) in [5, 5.41) is 77.9. The van der Waals surface area contributed by atoms with Gasteiger partial charge in [0, 0.05) is 102 Å². The first kappa shape index (κ1) is 38.0. The summed E-state index contributed by atoms with van der Waals surface area (Å²) in [6.07, 6.45) is -5.43. The van der Waals surface area contributed by atoms with Crippen LogP contribution in [0.4, 0.5) is 0 Å². The first-order chi connectivity index (χ1) is 11.6. The van der Waals surface area contributed by atoms with Crippen LogP contribution in [-0.2, 0) is 28.8 Å². The molecule has 0 aliphatic carbocycles. The van der Waals surface area contributed by atoms with Crippen molar-refractivity contribution in [3.8, 4) is 0 Å². The molecule has 12 radical (unpaired) electrons. The number of rotatable bonds is 10. The summed E-state index contributed by atoms with van der Waals surface area (Å²) in [4.78, 5) is 60.0. The zero-order chi connectivity index (χ0) is 21.3. The number of aliphatic hydroxyl groups is 2. The van der Waals surface area contributed by atoms with Crippen molar-refractivity contribution >= 4 is 88.6 Å². The number of hydrogen-bond donors (Lipinski definition) is 2. The van der Waals surface area contributed by atoms with E-state index in [1.54, 1.807) is 0 Å². The smallest absolute Gasteiger partial charge is 0.114 e. The van der Waals surface area contributed by atoms with Crippen molar-refractivity contribution in [2.24, 2.45) is 0 Å². The first-order valence-corrected chi connectivity index (χ1v) is 6.23. The molecular weight excluding hydrogens is 586 g/mol. The fraction of sp³-hybridized carbons (Fsp3) is 0.500. The molecule has 0 aromatic carbocycles. The molecule has 160 valence electrons. The van der Waals surface area contributed by atoms with Crippen molar-refractivity contribution in [3.63, 3.8) is 0 Å². The van der Waals surface area contributed by atoms with Crippen molar-refractivity contribution in [3.05, 3.63) is 0 Å². The van der Waals surface area contributed by atoms with Gasteiger partial charge in [-0.3, -0.25) is 0 Å². The molecule has 0 heterocycles. The second-order valence-corrected chi connectivity index (χ2v) is 4.83. The molecule has 0 aliphatic heterocycles. The van der Waals surface area contributed by atoms with Crippen molar-refractivity contribution in [2.45, 2.75) is 36.9 Å². The average Bonchev–Trinajstić information content (AvgIpc) is 2.34. The van der Waals surface area contributed by atoms with Gasteiger partial charge < -0.3 is 69.6 Å². The molecular formula is C12H10Ge3O14-6. The molecule has 0 aromatic rings. The molecule has 2 N–H and O–H groups in total. The van der Waals surface area contributed by atoms with Gasteiger partial charge in [-0.05, 0) is 0 Å². The predicted octanol–water partition coefficient (Wildman–Crippen LogP) is -11.6. The summed E-state index contributed by atoms with van der Waals surface area (Å²) < 4.78 is 0. The predicted molar refractivity (Wildman–Crippen MR) is 75.7 cm³/mol. The second-order valence-electron chi connectivity index (χ2n) is 4.83. The van der Waals surface area contributed by atoms with Crippen LogP contribution in [0, 0.1) is 0 Å². The molecule has 29 heavy (non-hydrogen) atoms. The van der Waals surface area contributed by atoms with Crippen molar-refractivity contribution < 1.29 is 69.6 Å². The summed E-state index contributed by atoms with van der Waals surface area (Å²) in [5.74, 6) is -12.0. The van der Waals surface area contributed by atoms with Gasteiger partial charge >= 0.3 is 0 Å². The van der Waals surface area contributed by atoms with Crippen LogP contribution in [0.3, 0.4) is 0 Å². The van der Waals surface area contributed by atoms with Crippen LogP contribution < -0.4 is 30.6 Å². The Balaban J connectivity index is -0.000000120. The van der Waals surface area contributed by atoms with Crippen LogP contribution in [0.2, 0.25) is 0 Å². The fourth-order valence-corrected chi connectivity index (χ4v) is 1.37. The zero-order valence-corrected chi connectivity index (χ0v) is 20.4. The molecule has 17 heteroatoms. The monoisotopic (exact) mass is 600 g/mol. The normalized spacial score (nSPS) is 9.72. The Labute approximate surface area is 194 Å². The fourth-order valence-electron chi connectivity index (χ4n) is 1.37. The molecule has 0 atom stereocenters. The minimum absolute atomic E-state index is 0. The van der Waals surface area contributed by atoms with Crippen molar-refractivity contribution in [1.29, 1.82) is 0 Å². The summed E-state index contributed by atoms with van der Waals surface area (Å²) in [6, 6.07) is 0. The van der Waals surface area contributed by atoms with Crippen LogP contribution in [0.5, 0.6) is 0 Å². The number of carbonyl (C=O) groups is 6. The molecule has 0 fully saturated rings. The van der Waals surface area contributed by atoms with E-state index in [1.165, 1.54) is 0 Å². The van der Waals surface area contributed by atoms with Gasteiger partial charge in [0.25, 0.3) is 0 Å². The quantitative estimate of drug-likeness (QED) is 0.222. The molecule has 0 saturated carbocycles. The van der Waals surface area contributed by atoms with Gasteiger partial charge in [0.2, 0.25) is 0 Å². The number of hydrogen-bond acceptors (Lipinski definition) is 14. The van der Waals surface area contributed by atoms with Crippen molar-refractivity contribution in [1.82, 2.24) is 0 Å². The van der Waals surface area contributed by atoms with E-state index in [0.29, 0.717) is 0 Å². The summed E-state index contributed by atoms with van der Waals surface area (Å²) in [6.45, 7) is 0. The maximum Gasteiger partial charge on any atom is 0.114 e. The number of carboxylic acids is 6. The molecule has 0 rings (SSSR count). The van der Waals surface area contributed by atoms with Crippen LogP contribution in [-0.4, -0.2) is 110 Å². The van der Waals surface area contributed by atoms with Crippen LogP contribution in [0.15, 0.2) is 0 Å². The Morgan fingerprint density at radius 2 is 0.621 bits per heavy atom. The molecule has 0 amide bonds. The van der Waals surface area contributed by atoms with Gasteiger partial charge in [0.1, 0.15) is 11.2 Å². The molecule has 0 unspecified atom stereocenters. The van der Waals surface area contributed by atoms with E-state index in [1.807, 2.05) is 0 Å². The third-order valence-electron chi connectivity index (χ3n) is 2.51.